The van der Waals surface area contributed by atoms with E-state index in [0.29, 0.717) is 11.9 Å². The maximum Gasteiger partial charge on any atom is 0.222 e. The van der Waals surface area contributed by atoms with Gasteiger partial charge in [0.05, 0.1) is 0 Å². The predicted molar refractivity (Wildman–Crippen MR) is 63.8 cm³/mol. The Labute approximate surface area is 94.0 Å². The molecule has 1 aliphatic rings. The van der Waals surface area contributed by atoms with E-state index in [1.54, 1.807) is 0 Å². The van der Waals surface area contributed by atoms with Crippen LogP contribution >= 0.6 is 0 Å². The van der Waals surface area contributed by atoms with Crippen LogP contribution in [0.25, 0.3) is 0 Å². The molecule has 0 aliphatic carbocycles. The Morgan fingerprint density at radius 2 is 1.80 bits per heavy atom. The van der Waals surface area contributed by atoms with Gasteiger partial charge < -0.3 is 4.90 Å². The first-order valence-corrected chi connectivity index (χ1v) is 6.59. The molecule has 1 rings (SSSR count). The van der Waals surface area contributed by atoms with Crippen molar-refractivity contribution >= 4 is 5.91 Å². The summed E-state index contributed by atoms with van der Waals surface area (Å²) in [6.45, 7) is 5.43. The quantitative estimate of drug-likeness (QED) is 0.683. The van der Waals surface area contributed by atoms with Crippen LogP contribution in [0.4, 0.5) is 0 Å². The smallest absolute Gasteiger partial charge is 0.222 e. The van der Waals surface area contributed by atoms with Gasteiger partial charge in [-0.3, -0.25) is 4.79 Å². The zero-order valence-corrected chi connectivity index (χ0v) is 10.3. The van der Waals surface area contributed by atoms with Gasteiger partial charge in [-0.15, -0.1) is 0 Å². The SMILES string of the molecule is CCCC(CCC)N1CCCCCC1=O. The van der Waals surface area contributed by atoms with E-state index in [4.69, 9.17) is 0 Å². The average Bonchev–Trinajstić information content (AvgIpc) is 2.43. The normalized spacial score (nSPS) is 18.3. The third-order valence-electron chi connectivity index (χ3n) is 3.29. The third-order valence-corrected chi connectivity index (χ3v) is 3.29. The molecule has 15 heavy (non-hydrogen) atoms. The molecular formula is C13H25NO. The molecule has 0 radical (unpaired) electrons. The molecule has 1 aliphatic heterocycles. The molecule has 0 N–H and O–H groups in total. The fourth-order valence-corrected chi connectivity index (χ4v) is 2.51. The molecule has 0 atom stereocenters. The minimum Gasteiger partial charge on any atom is -0.340 e. The van der Waals surface area contributed by atoms with Gasteiger partial charge in [0.25, 0.3) is 0 Å². The lowest BCUT2D eigenvalue weighted by molar-refractivity contribution is -0.133. The number of hydrogen-bond acceptors (Lipinski definition) is 1. The molecule has 1 amide bonds. The van der Waals surface area contributed by atoms with Crippen molar-refractivity contribution in [3.8, 4) is 0 Å². The zero-order valence-electron chi connectivity index (χ0n) is 10.3. The van der Waals surface area contributed by atoms with E-state index in [1.807, 2.05) is 0 Å². The average molecular weight is 211 g/mol. The van der Waals surface area contributed by atoms with Crippen LogP contribution in [0, 0.1) is 0 Å². The maximum absolute atomic E-state index is 11.9. The molecule has 0 aromatic carbocycles. The van der Waals surface area contributed by atoms with Crippen molar-refractivity contribution < 1.29 is 4.79 Å². The highest BCUT2D eigenvalue weighted by atomic mass is 16.2. The van der Waals surface area contributed by atoms with Crippen LogP contribution in [0.5, 0.6) is 0 Å². The Kier molecular flexibility index (Phi) is 5.74. The van der Waals surface area contributed by atoms with Crippen molar-refractivity contribution in [1.29, 1.82) is 0 Å². The van der Waals surface area contributed by atoms with E-state index < -0.39 is 0 Å². The summed E-state index contributed by atoms with van der Waals surface area (Å²) in [5, 5.41) is 0. The van der Waals surface area contributed by atoms with Crippen LogP contribution in [-0.2, 0) is 4.79 Å². The first-order chi connectivity index (χ1) is 7.29. The molecule has 1 saturated heterocycles. The lowest BCUT2D eigenvalue weighted by Gasteiger charge is -2.30. The number of amides is 1. The second kappa shape index (κ2) is 6.86. The summed E-state index contributed by atoms with van der Waals surface area (Å²) in [5.41, 5.74) is 0. The molecule has 0 aromatic heterocycles. The van der Waals surface area contributed by atoms with Crippen LogP contribution in [-0.4, -0.2) is 23.4 Å². The maximum atomic E-state index is 11.9. The van der Waals surface area contributed by atoms with E-state index in [1.165, 1.54) is 38.5 Å². The fourth-order valence-electron chi connectivity index (χ4n) is 2.51. The predicted octanol–water partition coefficient (Wildman–Crippen LogP) is 3.36. The largest absolute Gasteiger partial charge is 0.340 e. The second-order valence-electron chi connectivity index (χ2n) is 4.63. The summed E-state index contributed by atoms with van der Waals surface area (Å²) in [7, 11) is 0. The highest BCUT2D eigenvalue weighted by Crippen LogP contribution is 2.19. The van der Waals surface area contributed by atoms with Gasteiger partial charge in [-0.25, -0.2) is 0 Å². The summed E-state index contributed by atoms with van der Waals surface area (Å²) in [5.74, 6) is 0.402. The van der Waals surface area contributed by atoms with Gasteiger partial charge in [0, 0.05) is 19.0 Å². The van der Waals surface area contributed by atoms with Gasteiger partial charge in [0.15, 0.2) is 0 Å². The molecule has 1 heterocycles. The third kappa shape index (κ3) is 3.84. The van der Waals surface area contributed by atoms with Gasteiger partial charge in [-0.1, -0.05) is 33.1 Å². The molecule has 0 unspecified atom stereocenters. The summed E-state index contributed by atoms with van der Waals surface area (Å²) in [4.78, 5) is 14.1. The summed E-state index contributed by atoms with van der Waals surface area (Å²) < 4.78 is 0. The van der Waals surface area contributed by atoms with E-state index in [0.717, 1.165) is 19.4 Å². The van der Waals surface area contributed by atoms with Crippen molar-refractivity contribution in [2.75, 3.05) is 6.54 Å². The molecular weight excluding hydrogens is 186 g/mol. The first-order valence-electron chi connectivity index (χ1n) is 6.59. The van der Waals surface area contributed by atoms with E-state index in [2.05, 4.69) is 18.7 Å². The van der Waals surface area contributed by atoms with Crippen LogP contribution in [0.2, 0.25) is 0 Å². The monoisotopic (exact) mass is 211 g/mol. The van der Waals surface area contributed by atoms with E-state index in [9.17, 15) is 4.79 Å². The Hall–Kier alpha value is -0.530. The standard InChI is InChI=1S/C13H25NO/c1-3-8-12(9-4-2)14-11-7-5-6-10-13(14)15/h12H,3-11H2,1-2H3. The molecule has 0 spiro atoms. The number of likely N-dealkylation sites (tertiary alicyclic amines) is 1. The first kappa shape index (κ1) is 12.5. The van der Waals surface area contributed by atoms with Gasteiger partial charge >= 0.3 is 0 Å². The zero-order chi connectivity index (χ0) is 11.1. The van der Waals surface area contributed by atoms with E-state index in [-0.39, 0.29) is 0 Å². The number of carbonyl (C=O) groups excluding carboxylic acids is 1. The van der Waals surface area contributed by atoms with Gasteiger partial charge in [0.1, 0.15) is 0 Å². The Balaban J connectivity index is 2.57. The van der Waals surface area contributed by atoms with Gasteiger partial charge in [-0.2, -0.15) is 0 Å². The second-order valence-corrected chi connectivity index (χ2v) is 4.63. The molecule has 2 heteroatoms. The van der Waals surface area contributed by atoms with Crippen molar-refractivity contribution in [2.24, 2.45) is 0 Å². The van der Waals surface area contributed by atoms with Crippen LogP contribution < -0.4 is 0 Å². The fraction of sp³-hybridized carbons (Fsp3) is 0.923. The van der Waals surface area contributed by atoms with Gasteiger partial charge in [-0.05, 0) is 25.7 Å². The minimum atomic E-state index is 0.402. The molecule has 2 nitrogen and oxygen atoms in total. The highest BCUT2D eigenvalue weighted by Gasteiger charge is 2.23. The van der Waals surface area contributed by atoms with E-state index >= 15 is 0 Å². The Morgan fingerprint density at radius 1 is 1.13 bits per heavy atom. The summed E-state index contributed by atoms with van der Waals surface area (Å²) in [6, 6.07) is 0.519. The van der Waals surface area contributed by atoms with Gasteiger partial charge in [0.2, 0.25) is 5.91 Å². The van der Waals surface area contributed by atoms with Crippen molar-refractivity contribution in [1.82, 2.24) is 4.90 Å². The minimum absolute atomic E-state index is 0.402. The lowest BCUT2D eigenvalue weighted by atomic mass is 10.0. The Bertz CT molecular complexity index is 185. The molecule has 0 saturated carbocycles. The molecule has 1 fully saturated rings. The van der Waals surface area contributed by atoms with Crippen molar-refractivity contribution in [3.63, 3.8) is 0 Å². The van der Waals surface area contributed by atoms with Crippen molar-refractivity contribution in [2.45, 2.75) is 71.3 Å². The van der Waals surface area contributed by atoms with Crippen LogP contribution in [0.15, 0.2) is 0 Å². The molecule has 88 valence electrons. The number of hydrogen-bond donors (Lipinski definition) is 0. The molecule has 0 aromatic rings. The highest BCUT2D eigenvalue weighted by molar-refractivity contribution is 5.76. The number of carbonyl (C=O) groups is 1. The number of nitrogens with zero attached hydrogens (tertiary/aromatic N) is 1. The lowest BCUT2D eigenvalue weighted by Crippen LogP contribution is -2.39. The molecule has 0 bridgehead atoms. The number of rotatable bonds is 5. The summed E-state index contributed by atoms with van der Waals surface area (Å²) >= 11 is 0. The van der Waals surface area contributed by atoms with Crippen LogP contribution in [0.1, 0.15) is 65.2 Å². The van der Waals surface area contributed by atoms with Crippen LogP contribution in [0.3, 0.4) is 0 Å². The Morgan fingerprint density at radius 3 is 2.40 bits per heavy atom. The van der Waals surface area contributed by atoms with Crippen molar-refractivity contribution in [3.05, 3.63) is 0 Å². The topological polar surface area (TPSA) is 20.3 Å². The summed E-state index contributed by atoms with van der Waals surface area (Å²) in [6.07, 6.45) is 9.05.